The first kappa shape index (κ1) is 20.0. The highest BCUT2D eigenvalue weighted by Gasteiger charge is 2.12. The van der Waals surface area contributed by atoms with Crippen LogP contribution in [-0.2, 0) is 0 Å². The van der Waals surface area contributed by atoms with Crippen LogP contribution < -0.4 is 10.6 Å². The highest BCUT2D eigenvalue weighted by atomic mass is 35.5. The number of hydrogen-bond donors (Lipinski definition) is 2. The van der Waals surface area contributed by atoms with Gasteiger partial charge in [0.05, 0.1) is 22.0 Å². The van der Waals surface area contributed by atoms with Crippen molar-refractivity contribution in [2.45, 2.75) is 6.92 Å². The van der Waals surface area contributed by atoms with Gasteiger partial charge in [-0.05, 0) is 37.3 Å². The SMILES string of the molecule is Cc1cn2c(NCCNc3ccc(C#N)cn3)nc(-c3ccc(Cl)cc3Cl)cc2n1. The van der Waals surface area contributed by atoms with E-state index in [0.717, 1.165) is 16.9 Å². The van der Waals surface area contributed by atoms with E-state index in [0.29, 0.717) is 46.2 Å². The number of hydrogen-bond acceptors (Lipinski definition) is 6. The number of benzene rings is 1. The van der Waals surface area contributed by atoms with E-state index in [4.69, 9.17) is 33.4 Å². The Kier molecular flexibility index (Phi) is 5.70. The summed E-state index contributed by atoms with van der Waals surface area (Å²) >= 11 is 12.4. The monoisotopic (exact) mass is 437 g/mol. The van der Waals surface area contributed by atoms with Crippen molar-refractivity contribution in [1.82, 2.24) is 19.4 Å². The molecule has 0 radical (unpaired) electrons. The van der Waals surface area contributed by atoms with Crippen LogP contribution in [0.1, 0.15) is 11.3 Å². The number of halogens is 2. The van der Waals surface area contributed by atoms with E-state index in [1.807, 2.05) is 29.7 Å². The number of aromatic nitrogens is 4. The normalized spacial score (nSPS) is 10.7. The number of imidazole rings is 1. The van der Waals surface area contributed by atoms with Gasteiger partial charge in [-0.15, -0.1) is 0 Å². The van der Waals surface area contributed by atoms with Crippen molar-refractivity contribution in [3.63, 3.8) is 0 Å². The summed E-state index contributed by atoms with van der Waals surface area (Å²) in [5.41, 5.74) is 3.68. The Morgan fingerprint density at radius 1 is 1.07 bits per heavy atom. The molecule has 0 aliphatic heterocycles. The average molecular weight is 438 g/mol. The highest BCUT2D eigenvalue weighted by molar-refractivity contribution is 6.36. The molecule has 3 aromatic heterocycles. The van der Waals surface area contributed by atoms with Crippen LogP contribution in [0.4, 0.5) is 11.8 Å². The molecule has 0 fully saturated rings. The Hall–Kier alpha value is -3.34. The van der Waals surface area contributed by atoms with Crippen molar-refractivity contribution in [2.24, 2.45) is 0 Å². The van der Waals surface area contributed by atoms with Gasteiger partial charge in [-0.1, -0.05) is 23.2 Å². The lowest BCUT2D eigenvalue weighted by molar-refractivity contribution is 0.994. The highest BCUT2D eigenvalue weighted by Crippen LogP contribution is 2.30. The summed E-state index contributed by atoms with van der Waals surface area (Å²) in [5.74, 6) is 1.36. The molecule has 1 aromatic carbocycles. The molecular weight excluding hydrogens is 421 g/mol. The standard InChI is InChI=1S/C21H17Cl2N7/c1-13-12-30-20(28-13)9-18(16-4-3-15(22)8-17(16)23)29-21(30)26-7-6-25-19-5-2-14(10-24)11-27-19/h2-5,8-9,11-12H,6-7H2,1H3,(H,25,27)(H,26,29). The molecule has 3 heterocycles. The van der Waals surface area contributed by atoms with Crippen molar-refractivity contribution < 1.29 is 0 Å². The molecular formula is C21H17Cl2N7. The number of nitrogens with one attached hydrogen (secondary N) is 2. The summed E-state index contributed by atoms with van der Waals surface area (Å²) in [6.07, 6.45) is 3.46. The van der Waals surface area contributed by atoms with E-state index in [1.54, 1.807) is 24.3 Å². The second kappa shape index (κ2) is 8.57. The molecule has 0 aliphatic rings. The van der Waals surface area contributed by atoms with Crippen molar-refractivity contribution in [1.29, 1.82) is 5.26 Å². The Balaban J connectivity index is 1.54. The molecule has 0 spiro atoms. The second-order valence-corrected chi connectivity index (χ2v) is 7.44. The molecule has 0 bridgehead atoms. The van der Waals surface area contributed by atoms with Crippen molar-refractivity contribution >= 4 is 40.6 Å². The average Bonchev–Trinajstić information content (AvgIpc) is 3.11. The largest absolute Gasteiger partial charge is 0.368 e. The quantitative estimate of drug-likeness (QED) is 0.420. The summed E-state index contributed by atoms with van der Waals surface area (Å²) in [6.45, 7) is 3.14. The van der Waals surface area contributed by atoms with Crippen LogP contribution in [0.25, 0.3) is 16.9 Å². The fraction of sp³-hybridized carbons (Fsp3) is 0.143. The molecule has 0 saturated carbocycles. The number of fused-ring (bicyclic) bond motifs is 1. The predicted octanol–water partition coefficient (Wildman–Crippen LogP) is 4.80. The third-order valence-electron chi connectivity index (χ3n) is 4.39. The first-order valence-electron chi connectivity index (χ1n) is 9.19. The fourth-order valence-corrected chi connectivity index (χ4v) is 3.51. The van der Waals surface area contributed by atoms with Crippen LogP contribution in [0.2, 0.25) is 10.0 Å². The molecule has 4 rings (SSSR count). The van der Waals surface area contributed by atoms with Crippen LogP contribution in [0.15, 0.2) is 48.8 Å². The third kappa shape index (κ3) is 4.30. The molecule has 9 heteroatoms. The minimum atomic E-state index is 0.526. The molecule has 0 amide bonds. The number of pyridine rings is 1. The molecule has 2 N–H and O–H groups in total. The molecule has 4 aromatic rings. The second-order valence-electron chi connectivity index (χ2n) is 6.60. The first-order valence-corrected chi connectivity index (χ1v) is 9.95. The maximum absolute atomic E-state index is 8.84. The predicted molar refractivity (Wildman–Crippen MR) is 119 cm³/mol. The van der Waals surface area contributed by atoms with E-state index in [1.165, 1.54) is 6.20 Å². The van der Waals surface area contributed by atoms with Crippen molar-refractivity contribution in [2.75, 3.05) is 23.7 Å². The zero-order valence-corrected chi connectivity index (χ0v) is 17.5. The van der Waals surface area contributed by atoms with Gasteiger partial charge in [-0.2, -0.15) is 5.26 Å². The topological polar surface area (TPSA) is 90.9 Å². The number of nitriles is 1. The Labute approximate surface area is 183 Å². The fourth-order valence-electron chi connectivity index (χ4n) is 3.00. The molecule has 0 saturated heterocycles. The number of rotatable bonds is 6. The zero-order valence-electron chi connectivity index (χ0n) is 16.0. The third-order valence-corrected chi connectivity index (χ3v) is 4.94. The lowest BCUT2D eigenvalue weighted by atomic mass is 10.1. The molecule has 150 valence electrons. The Morgan fingerprint density at radius 2 is 1.90 bits per heavy atom. The van der Waals surface area contributed by atoms with Gasteiger partial charge in [-0.3, -0.25) is 4.40 Å². The summed E-state index contributed by atoms with van der Waals surface area (Å²) in [5, 5.41) is 16.5. The Bertz CT molecular complexity index is 1240. The lowest BCUT2D eigenvalue weighted by Gasteiger charge is -2.12. The smallest absolute Gasteiger partial charge is 0.209 e. The summed E-state index contributed by atoms with van der Waals surface area (Å²) in [4.78, 5) is 13.5. The number of nitrogens with zero attached hydrogens (tertiary/aromatic N) is 5. The zero-order chi connectivity index (χ0) is 21.1. The van der Waals surface area contributed by atoms with Gasteiger partial charge in [0.25, 0.3) is 0 Å². The van der Waals surface area contributed by atoms with Gasteiger partial charge in [0.2, 0.25) is 5.95 Å². The van der Waals surface area contributed by atoms with Crippen LogP contribution in [0, 0.1) is 18.3 Å². The molecule has 0 aliphatic carbocycles. The lowest BCUT2D eigenvalue weighted by Crippen LogP contribution is -2.17. The van der Waals surface area contributed by atoms with E-state index >= 15 is 0 Å². The summed E-state index contributed by atoms with van der Waals surface area (Å²) in [7, 11) is 0. The van der Waals surface area contributed by atoms with E-state index in [-0.39, 0.29) is 0 Å². The van der Waals surface area contributed by atoms with Gasteiger partial charge in [0.15, 0.2) is 0 Å². The van der Waals surface area contributed by atoms with Gasteiger partial charge >= 0.3 is 0 Å². The van der Waals surface area contributed by atoms with Crippen molar-refractivity contribution in [3.05, 3.63) is 70.1 Å². The minimum Gasteiger partial charge on any atom is -0.368 e. The molecule has 7 nitrogen and oxygen atoms in total. The maximum atomic E-state index is 8.84. The van der Waals surface area contributed by atoms with Crippen LogP contribution in [-0.4, -0.2) is 32.4 Å². The van der Waals surface area contributed by atoms with E-state index in [2.05, 4.69) is 26.7 Å². The van der Waals surface area contributed by atoms with Gasteiger partial charge in [0.1, 0.15) is 17.5 Å². The van der Waals surface area contributed by atoms with Crippen molar-refractivity contribution in [3.8, 4) is 17.3 Å². The van der Waals surface area contributed by atoms with Gasteiger partial charge in [0, 0.05) is 42.1 Å². The van der Waals surface area contributed by atoms with Crippen LogP contribution in [0.5, 0.6) is 0 Å². The van der Waals surface area contributed by atoms with Crippen LogP contribution >= 0.6 is 23.2 Å². The molecule has 0 atom stereocenters. The minimum absolute atomic E-state index is 0.526. The summed E-state index contributed by atoms with van der Waals surface area (Å²) in [6, 6.07) is 12.8. The molecule has 0 unspecified atom stereocenters. The van der Waals surface area contributed by atoms with Gasteiger partial charge in [-0.25, -0.2) is 15.0 Å². The molecule has 30 heavy (non-hydrogen) atoms. The first-order chi connectivity index (χ1) is 14.5. The maximum Gasteiger partial charge on any atom is 0.209 e. The number of aryl methyl sites for hydroxylation is 1. The summed E-state index contributed by atoms with van der Waals surface area (Å²) < 4.78 is 1.91. The van der Waals surface area contributed by atoms with E-state index in [9.17, 15) is 0 Å². The number of anilines is 2. The van der Waals surface area contributed by atoms with Crippen LogP contribution in [0.3, 0.4) is 0 Å². The van der Waals surface area contributed by atoms with Gasteiger partial charge < -0.3 is 10.6 Å². The van der Waals surface area contributed by atoms with E-state index < -0.39 is 0 Å². The Morgan fingerprint density at radius 3 is 2.63 bits per heavy atom.